The van der Waals surface area contributed by atoms with Crippen LogP contribution in [0.5, 0.6) is 0 Å². The molecule has 0 N–H and O–H groups in total. The van der Waals surface area contributed by atoms with Crippen LogP contribution in [-0.2, 0) is 7.05 Å². The van der Waals surface area contributed by atoms with Gasteiger partial charge in [-0.2, -0.15) is 0 Å². The van der Waals surface area contributed by atoms with Crippen LogP contribution in [0.25, 0.3) is 11.3 Å². The molecule has 1 aromatic heterocycles. The van der Waals surface area contributed by atoms with Crippen molar-refractivity contribution < 1.29 is 4.79 Å². The molecule has 0 atom stereocenters. The van der Waals surface area contributed by atoms with Crippen molar-refractivity contribution in [3.63, 3.8) is 0 Å². The highest BCUT2D eigenvalue weighted by Gasteiger charge is 2.15. The molecule has 2 aromatic rings. The third kappa shape index (κ3) is 2.10. The Morgan fingerprint density at radius 1 is 1.17 bits per heavy atom. The van der Waals surface area contributed by atoms with Crippen LogP contribution in [0.1, 0.15) is 35.0 Å². The average Bonchev–Trinajstić information content (AvgIpc) is 2.65. The van der Waals surface area contributed by atoms with Gasteiger partial charge in [0.05, 0.1) is 11.4 Å². The van der Waals surface area contributed by atoms with Crippen molar-refractivity contribution in [2.75, 3.05) is 0 Å². The molecule has 0 saturated carbocycles. The van der Waals surface area contributed by atoms with E-state index in [2.05, 4.69) is 38.1 Å². The Morgan fingerprint density at radius 2 is 1.78 bits per heavy atom. The number of Topliss-reactive ketones (excluding diaryl/α,β-unsaturated/α-hetero) is 1. The van der Waals surface area contributed by atoms with E-state index < -0.39 is 0 Å². The van der Waals surface area contributed by atoms with Crippen molar-refractivity contribution in [1.82, 2.24) is 4.57 Å². The van der Waals surface area contributed by atoms with Crippen LogP contribution in [0.2, 0.25) is 0 Å². The second-order valence-electron chi connectivity index (χ2n) is 4.76. The first-order valence-electron chi connectivity index (χ1n) is 6.31. The topological polar surface area (TPSA) is 22.0 Å². The van der Waals surface area contributed by atoms with Crippen molar-refractivity contribution >= 4 is 5.78 Å². The Labute approximate surface area is 108 Å². The highest BCUT2D eigenvalue weighted by atomic mass is 16.1. The summed E-state index contributed by atoms with van der Waals surface area (Å²) in [7, 11) is 1.96. The molecule has 0 aliphatic carbocycles. The maximum absolute atomic E-state index is 11.9. The van der Waals surface area contributed by atoms with Crippen LogP contribution in [0.15, 0.2) is 30.3 Å². The number of carbonyl (C=O) groups excluding carboxylic acids is 1. The number of aryl methyl sites for hydroxylation is 2. The molecule has 1 heterocycles. The lowest BCUT2D eigenvalue weighted by atomic mass is 10.1. The fraction of sp³-hybridized carbons (Fsp3) is 0.312. The van der Waals surface area contributed by atoms with Crippen LogP contribution < -0.4 is 0 Å². The number of carbonyl (C=O) groups is 1. The SMILES string of the molecule is CCC(=O)c1cc(C)c(-c2ccc(C)cc2)n1C. The van der Waals surface area contributed by atoms with E-state index in [0.717, 1.165) is 22.5 Å². The number of hydrogen-bond donors (Lipinski definition) is 0. The minimum Gasteiger partial charge on any atom is -0.341 e. The zero-order chi connectivity index (χ0) is 13.3. The summed E-state index contributed by atoms with van der Waals surface area (Å²) in [6.45, 7) is 6.03. The average molecular weight is 241 g/mol. The van der Waals surface area contributed by atoms with Crippen LogP contribution in [0, 0.1) is 13.8 Å². The molecule has 18 heavy (non-hydrogen) atoms. The smallest absolute Gasteiger partial charge is 0.178 e. The standard InChI is InChI=1S/C16H19NO/c1-5-15(18)14-10-12(3)16(17(14)4)13-8-6-11(2)7-9-13/h6-10H,5H2,1-4H3. The predicted molar refractivity (Wildman–Crippen MR) is 74.9 cm³/mol. The van der Waals surface area contributed by atoms with Gasteiger partial charge in [-0.15, -0.1) is 0 Å². The first-order valence-corrected chi connectivity index (χ1v) is 6.31. The Morgan fingerprint density at radius 3 is 2.33 bits per heavy atom. The Hall–Kier alpha value is -1.83. The maximum Gasteiger partial charge on any atom is 0.178 e. The second-order valence-corrected chi connectivity index (χ2v) is 4.76. The fourth-order valence-electron chi connectivity index (χ4n) is 2.34. The van der Waals surface area contributed by atoms with E-state index in [-0.39, 0.29) is 5.78 Å². The molecule has 0 radical (unpaired) electrons. The van der Waals surface area contributed by atoms with Gasteiger partial charge in [0.25, 0.3) is 0 Å². The summed E-state index contributed by atoms with van der Waals surface area (Å²) >= 11 is 0. The molecular formula is C16H19NO. The first kappa shape index (κ1) is 12.6. The van der Waals surface area contributed by atoms with E-state index >= 15 is 0 Å². The van der Waals surface area contributed by atoms with Crippen molar-refractivity contribution in [2.24, 2.45) is 7.05 Å². The van der Waals surface area contributed by atoms with Gasteiger partial charge in [-0.1, -0.05) is 36.8 Å². The summed E-state index contributed by atoms with van der Waals surface area (Å²) in [6, 6.07) is 10.4. The Kier molecular flexibility index (Phi) is 3.37. The van der Waals surface area contributed by atoms with Crippen LogP contribution in [0.3, 0.4) is 0 Å². The van der Waals surface area contributed by atoms with Crippen LogP contribution >= 0.6 is 0 Å². The molecule has 0 unspecified atom stereocenters. The molecular weight excluding hydrogens is 222 g/mol. The van der Waals surface area contributed by atoms with Gasteiger partial charge < -0.3 is 4.57 Å². The molecule has 0 aliphatic rings. The number of ketones is 1. The fourth-order valence-corrected chi connectivity index (χ4v) is 2.34. The Bertz CT molecular complexity index is 576. The zero-order valence-corrected chi connectivity index (χ0v) is 11.4. The molecule has 2 nitrogen and oxygen atoms in total. The van der Waals surface area contributed by atoms with Gasteiger partial charge in [-0.05, 0) is 31.0 Å². The molecule has 94 valence electrons. The molecule has 0 aliphatic heterocycles. The third-order valence-electron chi connectivity index (χ3n) is 3.36. The molecule has 0 spiro atoms. The largest absolute Gasteiger partial charge is 0.341 e. The van der Waals surface area contributed by atoms with E-state index in [1.165, 1.54) is 5.56 Å². The van der Waals surface area contributed by atoms with Gasteiger partial charge in [0.15, 0.2) is 5.78 Å². The number of rotatable bonds is 3. The van der Waals surface area contributed by atoms with E-state index in [1.54, 1.807) is 0 Å². The van der Waals surface area contributed by atoms with Crippen LogP contribution in [0.4, 0.5) is 0 Å². The monoisotopic (exact) mass is 241 g/mol. The third-order valence-corrected chi connectivity index (χ3v) is 3.36. The van der Waals surface area contributed by atoms with Crippen molar-refractivity contribution in [1.29, 1.82) is 0 Å². The lowest BCUT2D eigenvalue weighted by molar-refractivity contribution is 0.0980. The van der Waals surface area contributed by atoms with Crippen molar-refractivity contribution in [3.8, 4) is 11.3 Å². The van der Waals surface area contributed by atoms with Gasteiger partial charge in [0, 0.05) is 13.5 Å². The normalized spacial score (nSPS) is 10.7. The van der Waals surface area contributed by atoms with Gasteiger partial charge >= 0.3 is 0 Å². The Balaban J connectivity index is 2.55. The van der Waals surface area contributed by atoms with E-state index in [4.69, 9.17) is 0 Å². The molecule has 0 bridgehead atoms. The molecule has 0 fully saturated rings. The minimum atomic E-state index is 0.193. The summed E-state index contributed by atoms with van der Waals surface area (Å²) < 4.78 is 2.01. The van der Waals surface area contributed by atoms with E-state index in [0.29, 0.717) is 6.42 Å². The highest BCUT2D eigenvalue weighted by molar-refractivity contribution is 5.96. The minimum absolute atomic E-state index is 0.193. The van der Waals surface area contributed by atoms with Crippen molar-refractivity contribution in [3.05, 3.63) is 47.2 Å². The zero-order valence-electron chi connectivity index (χ0n) is 11.4. The lowest BCUT2D eigenvalue weighted by Crippen LogP contribution is -2.05. The summed E-state index contributed by atoms with van der Waals surface area (Å²) in [5.41, 5.74) is 5.49. The van der Waals surface area contributed by atoms with Gasteiger partial charge in [-0.25, -0.2) is 0 Å². The number of benzene rings is 1. The molecule has 1 aromatic carbocycles. The van der Waals surface area contributed by atoms with E-state index in [9.17, 15) is 4.79 Å². The van der Waals surface area contributed by atoms with E-state index in [1.807, 2.05) is 24.6 Å². The molecule has 0 saturated heterocycles. The number of aromatic nitrogens is 1. The summed E-state index contributed by atoms with van der Waals surface area (Å²) in [6.07, 6.45) is 0.546. The molecule has 2 heteroatoms. The molecule has 2 rings (SSSR count). The van der Waals surface area contributed by atoms with Crippen molar-refractivity contribution in [2.45, 2.75) is 27.2 Å². The predicted octanol–water partition coefficient (Wildman–Crippen LogP) is 3.90. The van der Waals surface area contributed by atoms with Crippen LogP contribution in [-0.4, -0.2) is 10.4 Å². The van der Waals surface area contributed by atoms with Gasteiger partial charge in [0.2, 0.25) is 0 Å². The summed E-state index contributed by atoms with van der Waals surface area (Å²) in [5, 5.41) is 0. The lowest BCUT2D eigenvalue weighted by Gasteiger charge is -2.08. The quantitative estimate of drug-likeness (QED) is 0.747. The summed E-state index contributed by atoms with van der Waals surface area (Å²) in [4.78, 5) is 11.9. The summed E-state index contributed by atoms with van der Waals surface area (Å²) in [5.74, 6) is 0.193. The maximum atomic E-state index is 11.9. The second kappa shape index (κ2) is 4.81. The number of hydrogen-bond acceptors (Lipinski definition) is 1. The molecule has 0 amide bonds. The van der Waals surface area contributed by atoms with Gasteiger partial charge in [-0.3, -0.25) is 4.79 Å². The number of nitrogens with zero attached hydrogens (tertiary/aromatic N) is 1. The highest BCUT2D eigenvalue weighted by Crippen LogP contribution is 2.27. The van der Waals surface area contributed by atoms with Gasteiger partial charge in [0.1, 0.15) is 0 Å². The first-order chi connectivity index (χ1) is 8.54.